The van der Waals surface area contributed by atoms with Crippen LogP contribution in [-0.2, 0) is 9.59 Å². The highest BCUT2D eigenvalue weighted by Crippen LogP contribution is 2.17. The molecule has 0 aliphatic heterocycles. The second kappa shape index (κ2) is 9.74. The fraction of sp³-hybridized carbons (Fsp3) is 0.278. The van der Waals surface area contributed by atoms with Crippen LogP contribution in [-0.4, -0.2) is 43.5 Å². The van der Waals surface area contributed by atoms with Gasteiger partial charge in [0.15, 0.2) is 18.2 Å². The number of nitrogens with zero attached hydrogens (tertiary/aromatic N) is 1. The Hall–Kier alpha value is -2.64. The smallest absolute Gasteiger partial charge is 0.279 e. The molecule has 2 amide bonds. The SMILES string of the molecule is CC[NH+](CC(=O)Nc1cccc(OC)c1)CC(=O)Nc1cccnc1Cl. The largest absolute Gasteiger partial charge is 0.497 e. The van der Waals surface area contributed by atoms with Gasteiger partial charge in [-0.15, -0.1) is 0 Å². The van der Waals surface area contributed by atoms with Gasteiger partial charge in [-0.2, -0.15) is 0 Å². The summed E-state index contributed by atoms with van der Waals surface area (Å²) in [5, 5.41) is 5.75. The molecule has 1 heterocycles. The molecule has 8 heteroatoms. The minimum Gasteiger partial charge on any atom is -0.497 e. The highest BCUT2D eigenvalue weighted by molar-refractivity contribution is 6.32. The summed E-state index contributed by atoms with van der Waals surface area (Å²) in [4.78, 5) is 29.2. The van der Waals surface area contributed by atoms with Crippen molar-refractivity contribution < 1.29 is 19.2 Å². The molecule has 0 spiro atoms. The average molecular weight is 378 g/mol. The number of carbonyl (C=O) groups excluding carboxylic acids is 2. The molecule has 1 aromatic carbocycles. The van der Waals surface area contributed by atoms with E-state index in [1.54, 1.807) is 49.7 Å². The average Bonchev–Trinajstić information content (AvgIpc) is 2.63. The number of carbonyl (C=O) groups is 2. The normalized spacial score (nSPS) is 11.5. The Bertz CT molecular complexity index is 770. The van der Waals surface area contributed by atoms with Crippen molar-refractivity contribution in [1.29, 1.82) is 0 Å². The Morgan fingerprint density at radius 2 is 1.88 bits per heavy atom. The molecule has 0 bridgehead atoms. The van der Waals surface area contributed by atoms with Gasteiger partial charge < -0.3 is 20.3 Å². The number of quaternary nitrogens is 1. The van der Waals surface area contributed by atoms with Crippen LogP contribution in [0.5, 0.6) is 5.75 Å². The Balaban J connectivity index is 1.88. The maximum atomic E-state index is 12.2. The van der Waals surface area contributed by atoms with Gasteiger partial charge in [-0.3, -0.25) is 9.59 Å². The Morgan fingerprint density at radius 3 is 2.54 bits per heavy atom. The van der Waals surface area contributed by atoms with Crippen molar-refractivity contribution in [2.45, 2.75) is 6.92 Å². The fourth-order valence-electron chi connectivity index (χ4n) is 2.35. The van der Waals surface area contributed by atoms with Crippen LogP contribution in [0.4, 0.5) is 11.4 Å². The molecule has 2 aromatic rings. The third-order valence-electron chi connectivity index (χ3n) is 3.71. The second-order valence-corrected chi connectivity index (χ2v) is 5.99. The molecule has 2 rings (SSSR count). The van der Waals surface area contributed by atoms with Crippen molar-refractivity contribution in [3.63, 3.8) is 0 Å². The minimum absolute atomic E-state index is 0.146. The molecule has 0 saturated heterocycles. The van der Waals surface area contributed by atoms with Crippen molar-refractivity contribution in [2.24, 2.45) is 0 Å². The predicted molar refractivity (Wildman–Crippen MR) is 101 cm³/mol. The summed E-state index contributed by atoms with van der Waals surface area (Å²) in [6.45, 7) is 2.85. The number of halogens is 1. The molecule has 0 saturated carbocycles. The number of anilines is 2. The molecule has 138 valence electrons. The summed E-state index contributed by atoms with van der Waals surface area (Å²) in [5.74, 6) is 0.253. The molecule has 3 N–H and O–H groups in total. The molecule has 0 aliphatic carbocycles. The number of methoxy groups -OCH3 is 1. The first-order valence-electron chi connectivity index (χ1n) is 8.19. The number of benzene rings is 1. The summed E-state index contributed by atoms with van der Waals surface area (Å²) in [6.07, 6.45) is 1.55. The van der Waals surface area contributed by atoms with Crippen LogP contribution in [0.15, 0.2) is 42.6 Å². The van der Waals surface area contributed by atoms with Crippen molar-refractivity contribution in [3.05, 3.63) is 47.7 Å². The van der Waals surface area contributed by atoms with Gasteiger partial charge in [-0.05, 0) is 31.2 Å². The van der Waals surface area contributed by atoms with Gasteiger partial charge in [-0.25, -0.2) is 4.98 Å². The van der Waals surface area contributed by atoms with E-state index in [1.165, 1.54) is 0 Å². The van der Waals surface area contributed by atoms with E-state index in [-0.39, 0.29) is 30.1 Å². The first kappa shape index (κ1) is 19.7. The van der Waals surface area contributed by atoms with Crippen molar-refractivity contribution in [3.8, 4) is 5.75 Å². The first-order valence-corrected chi connectivity index (χ1v) is 8.57. The zero-order valence-electron chi connectivity index (χ0n) is 14.7. The lowest BCUT2D eigenvalue weighted by molar-refractivity contribution is -0.881. The van der Waals surface area contributed by atoms with Gasteiger partial charge in [0, 0.05) is 18.0 Å². The molecule has 7 nitrogen and oxygen atoms in total. The molecule has 0 aliphatic rings. The summed E-state index contributed by atoms with van der Waals surface area (Å²) >= 11 is 5.93. The Kier molecular flexibility index (Phi) is 7.37. The van der Waals surface area contributed by atoms with Crippen molar-refractivity contribution in [2.75, 3.05) is 37.4 Å². The molecule has 1 atom stereocenters. The zero-order chi connectivity index (χ0) is 18.9. The minimum atomic E-state index is -0.231. The van der Waals surface area contributed by atoms with Gasteiger partial charge in [-0.1, -0.05) is 17.7 Å². The van der Waals surface area contributed by atoms with Gasteiger partial charge in [0.1, 0.15) is 5.75 Å². The van der Waals surface area contributed by atoms with Crippen LogP contribution in [0.2, 0.25) is 5.15 Å². The van der Waals surface area contributed by atoms with Crippen LogP contribution in [0.3, 0.4) is 0 Å². The highest BCUT2D eigenvalue weighted by atomic mass is 35.5. The zero-order valence-corrected chi connectivity index (χ0v) is 15.5. The summed E-state index contributed by atoms with van der Waals surface area (Å²) in [5.41, 5.74) is 1.10. The van der Waals surface area contributed by atoms with Gasteiger partial charge in [0.2, 0.25) is 0 Å². The molecule has 1 unspecified atom stereocenters. The molecule has 1 aromatic heterocycles. The first-order chi connectivity index (χ1) is 12.5. The van der Waals surface area contributed by atoms with Gasteiger partial charge in [0.05, 0.1) is 19.3 Å². The highest BCUT2D eigenvalue weighted by Gasteiger charge is 2.17. The fourth-order valence-corrected chi connectivity index (χ4v) is 2.51. The number of amides is 2. The number of likely N-dealkylation sites (N-methyl/N-ethyl adjacent to an activating group) is 1. The summed E-state index contributed by atoms with van der Waals surface area (Å²) in [6, 6.07) is 10.5. The third kappa shape index (κ3) is 6.02. The van der Waals surface area contributed by atoms with E-state index in [9.17, 15) is 9.59 Å². The van der Waals surface area contributed by atoms with Crippen LogP contribution < -0.4 is 20.3 Å². The lowest BCUT2D eigenvalue weighted by Gasteiger charge is -2.17. The standard InChI is InChI=1S/C18H21ClN4O3/c1-3-23(12-17(25)22-15-8-5-9-20-18(15)19)11-16(24)21-13-6-4-7-14(10-13)26-2/h4-10H,3,11-12H2,1-2H3,(H,21,24)(H,22,25)/p+1. The number of hydrogen-bond acceptors (Lipinski definition) is 4. The Labute approximate surface area is 157 Å². The van der Waals surface area contributed by atoms with E-state index in [0.717, 1.165) is 4.90 Å². The second-order valence-electron chi connectivity index (χ2n) is 5.63. The van der Waals surface area contributed by atoms with E-state index in [4.69, 9.17) is 16.3 Å². The van der Waals surface area contributed by atoms with Crippen LogP contribution >= 0.6 is 11.6 Å². The van der Waals surface area contributed by atoms with Crippen LogP contribution in [0.1, 0.15) is 6.92 Å². The predicted octanol–water partition coefficient (Wildman–Crippen LogP) is 1.23. The lowest BCUT2D eigenvalue weighted by Crippen LogP contribution is -3.13. The van der Waals surface area contributed by atoms with E-state index < -0.39 is 0 Å². The number of nitrogens with one attached hydrogen (secondary N) is 3. The maximum absolute atomic E-state index is 12.2. The summed E-state index contributed by atoms with van der Waals surface area (Å²) < 4.78 is 5.13. The number of pyridine rings is 1. The number of hydrogen-bond donors (Lipinski definition) is 3. The molecular weight excluding hydrogens is 356 g/mol. The molecule has 26 heavy (non-hydrogen) atoms. The van der Waals surface area contributed by atoms with Crippen molar-refractivity contribution in [1.82, 2.24) is 4.98 Å². The molecule has 0 fully saturated rings. The number of rotatable bonds is 8. The van der Waals surface area contributed by atoms with E-state index in [2.05, 4.69) is 15.6 Å². The quantitative estimate of drug-likeness (QED) is 0.604. The van der Waals surface area contributed by atoms with Crippen molar-refractivity contribution >= 4 is 34.8 Å². The van der Waals surface area contributed by atoms with E-state index in [0.29, 0.717) is 23.7 Å². The topological polar surface area (TPSA) is 84.8 Å². The van der Waals surface area contributed by atoms with E-state index >= 15 is 0 Å². The molecular formula is C18H22ClN4O3+. The maximum Gasteiger partial charge on any atom is 0.279 e. The van der Waals surface area contributed by atoms with Crippen LogP contribution in [0.25, 0.3) is 0 Å². The third-order valence-corrected chi connectivity index (χ3v) is 4.01. The van der Waals surface area contributed by atoms with Gasteiger partial charge in [0.25, 0.3) is 11.8 Å². The lowest BCUT2D eigenvalue weighted by atomic mass is 10.3. The van der Waals surface area contributed by atoms with E-state index in [1.807, 2.05) is 6.92 Å². The summed E-state index contributed by atoms with van der Waals surface area (Å²) in [7, 11) is 1.57. The molecule has 0 radical (unpaired) electrons. The number of aromatic nitrogens is 1. The number of ether oxygens (including phenoxy) is 1. The Morgan fingerprint density at radius 1 is 1.15 bits per heavy atom. The van der Waals surface area contributed by atoms with Gasteiger partial charge >= 0.3 is 0 Å². The van der Waals surface area contributed by atoms with Crippen LogP contribution in [0, 0.1) is 0 Å². The monoisotopic (exact) mass is 377 g/mol.